The van der Waals surface area contributed by atoms with E-state index >= 15 is 0 Å². The smallest absolute Gasteiger partial charge is 0.550 e. The molecule has 6 nitrogen and oxygen atoms in total. The van der Waals surface area contributed by atoms with Gasteiger partial charge in [0.15, 0.2) is 0 Å². The molecule has 0 aromatic carbocycles. The van der Waals surface area contributed by atoms with E-state index in [1.807, 2.05) is 0 Å². The topological polar surface area (TPSA) is 118 Å². The van der Waals surface area contributed by atoms with Gasteiger partial charge in [-0.1, -0.05) is 0 Å². The van der Waals surface area contributed by atoms with Crippen molar-refractivity contribution < 1.29 is 29.7 Å². The van der Waals surface area contributed by atoms with Crippen LogP contribution in [-0.4, -0.2) is 68.5 Å². The minimum atomic E-state index is -1.08. The minimum absolute atomic E-state index is 0. The molecule has 0 saturated heterocycles. The van der Waals surface area contributed by atoms with Gasteiger partial charge in [-0.05, 0) is 13.8 Å². The van der Waals surface area contributed by atoms with Crippen LogP contribution in [0.4, 0.5) is 0 Å². The van der Waals surface area contributed by atoms with Gasteiger partial charge in [0.1, 0.15) is 0 Å². The zero-order valence-corrected chi connectivity index (χ0v) is 11.2. The SMILES string of the molecule is CC(=O)O.CC(=O)[O-].CC(=O)[O-].[Sr+2]. The summed E-state index contributed by atoms with van der Waals surface area (Å²) in [5.74, 6) is -3.00. The molecule has 0 heterocycles. The molecule has 0 bridgehead atoms. The van der Waals surface area contributed by atoms with Gasteiger partial charge in [0, 0.05) is 18.9 Å². The molecule has 1 N–H and O–H groups in total. The van der Waals surface area contributed by atoms with E-state index in [0.717, 1.165) is 20.8 Å². The van der Waals surface area contributed by atoms with Gasteiger partial charge in [-0.2, -0.15) is 0 Å². The second-order valence-electron chi connectivity index (χ2n) is 1.50. The van der Waals surface area contributed by atoms with Gasteiger partial charge >= 0.3 is 45.5 Å². The van der Waals surface area contributed by atoms with E-state index < -0.39 is 17.9 Å². The summed E-state index contributed by atoms with van der Waals surface area (Å²) in [4.78, 5) is 26.8. The predicted octanol–water partition coefficient (Wildman–Crippen LogP) is -2.78. The van der Waals surface area contributed by atoms with E-state index in [0.29, 0.717) is 0 Å². The third-order valence-corrected chi connectivity index (χ3v) is 0. The molecular weight excluding hydrogens is 256 g/mol. The summed E-state index contributed by atoms with van der Waals surface area (Å²) in [5.41, 5.74) is 0. The molecule has 0 saturated carbocycles. The maximum atomic E-state index is 9.00. The molecule has 0 aliphatic carbocycles. The molecule has 0 aliphatic heterocycles. The number of rotatable bonds is 0. The maximum Gasteiger partial charge on any atom is 2.00 e. The summed E-state index contributed by atoms with van der Waals surface area (Å²) in [6, 6.07) is 0. The van der Waals surface area contributed by atoms with Gasteiger partial charge in [-0.3, -0.25) is 4.79 Å². The average Bonchev–Trinajstić information content (AvgIpc) is 1.54. The quantitative estimate of drug-likeness (QED) is 0.474. The summed E-state index contributed by atoms with van der Waals surface area (Å²) in [6.07, 6.45) is 0. The van der Waals surface area contributed by atoms with Crippen molar-refractivity contribution in [2.45, 2.75) is 20.8 Å². The summed E-state index contributed by atoms with van der Waals surface area (Å²) < 4.78 is 0. The summed E-state index contributed by atoms with van der Waals surface area (Å²) in [6.45, 7) is 3.03. The third-order valence-electron chi connectivity index (χ3n) is 0. The van der Waals surface area contributed by atoms with Crippen LogP contribution in [0.3, 0.4) is 0 Å². The predicted molar refractivity (Wildman–Crippen MR) is 40.4 cm³/mol. The van der Waals surface area contributed by atoms with Crippen LogP contribution in [0, 0.1) is 0 Å². The van der Waals surface area contributed by atoms with Gasteiger partial charge < -0.3 is 24.9 Å². The van der Waals surface area contributed by atoms with Gasteiger partial charge in [0.2, 0.25) is 0 Å². The number of carboxylic acids is 3. The first-order valence-electron chi connectivity index (χ1n) is 2.74. The largest absolute Gasteiger partial charge is 2.00 e. The fraction of sp³-hybridized carbons (Fsp3) is 0.500. The number of hydrogen-bond acceptors (Lipinski definition) is 5. The number of aliphatic carboxylic acids is 3. The van der Waals surface area contributed by atoms with Gasteiger partial charge in [0.25, 0.3) is 5.97 Å². The number of carboxylic acid groups (broad SMARTS) is 3. The van der Waals surface area contributed by atoms with E-state index in [4.69, 9.17) is 29.7 Å². The average molecular weight is 266 g/mol. The molecule has 0 aromatic rings. The zero-order chi connectivity index (χ0) is 10.7. The molecule has 0 aromatic heterocycles. The van der Waals surface area contributed by atoms with Gasteiger partial charge in [-0.15, -0.1) is 0 Å². The van der Waals surface area contributed by atoms with Crippen LogP contribution < -0.4 is 10.2 Å². The fourth-order valence-electron chi connectivity index (χ4n) is 0. The van der Waals surface area contributed by atoms with Crippen molar-refractivity contribution in [1.29, 1.82) is 0 Å². The summed E-state index contributed by atoms with van der Waals surface area (Å²) in [7, 11) is 0. The van der Waals surface area contributed by atoms with Crippen molar-refractivity contribution in [2.24, 2.45) is 0 Å². The Morgan fingerprint density at radius 2 is 0.923 bits per heavy atom. The van der Waals surface area contributed by atoms with Crippen molar-refractivity contribution in [1.82, 2.24) is 0 Å². The number of carbonyl (C=O) groups is 3. The van der Waals surface area contributed by atoms with E-state index in [-0.39, 0.29) is 45.5 Å². The second-order valence-corrected chi connectivity index (χ2v) is 1.50. The van der Waals surface area contributed by atoms with E-state index in [2.05, 4.69) is 0 Å². The monoisotopic (exact) mass is 266 g/mol. The maximum absolute atomic E-state index is 9.00. The van der Waals surface area contributed by atoms with Crippen LogP contribution >= 0.6 is 0 Å². The van der Waals surface area contributed by atoms with Crippen molar-refractivity contribution >= 4 is 63.4 Å². The Morgan fingerprint density at radius 1 is 0.923 bits per heavy atom. The molecule has 0 unspecified atom stereocenters. The molecule has 0 fully saturated rings. The van der Waals surface area contributed by atoms with Crippen molar-refractivity contribution in [3.05, 3.63) is 0 Å². The van der Waals surface area contributed by atoms with Crippen LogP contribution in [0.2, 0.25) is 0 Å². The molecule has 0 rings (SSSR count). The Bertz CT molecular complexity index is 115. The number of carbonyl (C=O) groups excluding carboxylic acids is 2. The standard InChI is InChI=1S/3C2H4O2.Sr/c3*1-2(3)4;/h3*1H3,(H,3,4);/q;;;+2/p-2. The first kappa shape index (κ1) is 23.1. The Morgan fingerprint density at radius 3 is 0.923 bits per heavy atom. The molecule has 0 atom stereocenters. The molecule has 0 spiro atoms. The molecule has 72 valence electrons. The van der Waals surface area contributed by atoms with E-state index in [1.165, 1.54) is 0 Å². The van der Waals surface area contributed by atoms with Crippen molar-refractivity contribution in [3.63, 3.8) is 0 Å². The summed E-state index contributed by atoms with van der Waals surface area (Å²) in [5, 5.41) is 25.2. The number of hydrogen-bond donors (Lipinski definition) is 1. The van der Waals surface area contributed by atoms with Gasteiger partial charge in [0.05, 0.1) is 0 Å². The molecule has 0 amide bonds. The van der Waals surface area contributed by atoms with E-state index in [9.17, 15) is 0 Å². The molecule has 7 heteroatoms. The van der Waals surface area contributed by atoms with Crippen LogP contribution in [0.5, 0.6) is 0 Å². The molecule has 13 heavy (non-hydrogen) atoms. The third kappa shape index (κ3) is 97000. The van der Waals surface area contributed by atoms with Crippen LogP contribution in [0.15, 0.2) is 0 Å². The zero-order valence-electron chi connectivity index (χ0n) is 7.70. The minimum Gasteiger partial charge on any atom is -0.550 e. The Balaban J connectivity index is -0.0000000450. The second kappa shape index (κ2) is 17.8. The van der Waals surface area contributed by atoms with Crippen LogP contribution in [0.25, 0.3) is 0 Å². The Labute approximate surface area is 113 Å². The van der Waals surface area contributed by atoms with Crippen LogP contribution in [-0.2, 0) is 14.4 Å². The molecule has 0 aliphatic rings. The summed E-state index contributed by atoms with van der Waals surface area (Å²) >= 11 is 0. The van der Waals surface area contributed by atoms with Crippen LogP contribution in [0.1, 0.15) is 20.8 Å². The van der Waals surface area contributed by atoms with E-state index in [1.54, 1.807) is 0 Å². The normalized spacial score (nSPS) is 5.77. The van der Waals surface area contributed by atoms with Crippen molar-refractivity contribution in [2.75, 3.05) is 0 Å². The fourth-order valence-corrected chi connectivity index (χ4v) is 0. The first-order valence-corrected chi connectivity index (χ1v) is 2.74. The van der Waals surface area contributed by atoms with Crippen molar-refractivity contribution in [3.8, 4) is 0 Å². The van der Waals surface area contributed by atoms with Gasteiger partial charge in [-0.25, -0.2) is 0 Å². The molecular formula is C6H10O6Sr. The first-order chi connectivity index (χ1) is 5.20. The Kier molecular flexibility index (Phi) is 31.6. The molecule has 0 radical (unpaired) electrons. The Hall–Kier alpha value is -0.109.